The first-order valence-corrected chi connectivity index (χ1v) is 8.28. The average molecular weight is 311 g/mol. The van der Waals surface area contributed by atoms with Crippen molar-refractivity contribution < 1.29 is 0 Å². The third-order valence-electron chi connectivity index (χ3n) is 4.47. The van der Waals surface area contributed by atoms with Crippen LogP contribution in [-0.2, 0) is 6.42 Å². The van der Waals surface area contributed by atoms with Crippen molar-refractivity contribution in [2.75, 3.05) is 43.4 Å². The van der Waals surface area contributed by atoms with Gasteiger partial charge in [0, 0.05) is 37.9 Å². The lowest BCUT2D eigenvalue weighted by molar-refractivity contribution is 0.312. The normalized spacial score (nSPS) is 15.7. The van der Waals surface area contributed by atoms with Gasteiger partial charge in [-0.25, -0.2) is 9.97 Å². The summed E-state index contributed by atoms with van der Waals surface area (Å²) in [5, 5.41) is 3.49. The van der Waals surface area contributed by atoms with E-state index < -0.39 is 0 Å². The minimum Gasteiger partial charge on any atom is -0.354 e. The van der Waals surface area contributed by atoms with E-state index in [2.05, 4.69) is 70.2 Å². The fraction of sp³-hybridized carbons (Fsp3) is 0.444. The monoisotopic (exact) mass is 311 g/mol. The van der Waals surface area contributed by atoms with E-state index in [4.69, 9.17) is 0 Å². The Labute approximate surface area is 138 Å². The van der Waals surface area contributed by atoms with E-state index in [1.54, 1.807) is 6.33 Å². The van der Waals surface area contributed by atoms with Crippen LogP contribution in [0.2, 0.25) is 0 Å². The van der Waals surface area contributed by atoms with Gasteiger partial charge in [-0.3, -0.25) is 0 Å². The first-order chi connectivity index (χ1) is 11.2. The smallest absolute Gasteiger partial charge is 0.135 e. The molecule has 0 radical (unpaired) electrons. The van der Waals surface area contributed by atoms with Gasteiger partial charge in [-0.1, -0.05) is 25.1 Å². The van der Waals surface area contributed by atoms with Crippen molar-refractivity contribution in [1.82, 2.24) is 14.9 Å². The molecule has 0 saturated carbocycles. The van der Waals surface area contributed by atoms with Gasteiger partial charge in [-0.05, 0) is 31.5 Å². The Morgan fingerprint density at radius 1 is 1.13 bits per heavy atom. The Bertz CT molecular complexity index is 662. The number of para-hydroxylation sites is 1. The summed E-state index contributed by atoms with van der Waals surface area (Å²) in [6, 6.07) is 8.45. The number of benzene rings is 1. The molecule has 122 valence electrons. The second-order valence-electron chi connectivity index (χ2n) is 6.14. The maximum Gasteiger partial charge on any atom is 0.135 e. The first kappa shape index (κ1) is 15.7. The van der Waals surface area contributed by atoms with Gasteiger partial charge in [0.05, 0.1) is 0 Å². The van der Waals surface area contributed by atoms with Gasteiger partial charge in [0.2, 0.25) is 0 Å². The summed E-state index contributed by atoms with van der Waals surface area (Å²) in [4.78, 5) is 13.5. The molecule has 23 heavy (non-hydrogen) atoms. The standard InChI is InChI=1S/C18H25N5/c1-4-15-7-5-6-14(2)18(15)21-16-12-17(20-13-19-16)23-10-8-22(3)9-11-23/h5-7,12-13H,4,8-11H2,1-3H3,(H,19,20,21). The summed E-state index contributed by atoms with van der Waals surface area (Å²) < 4.78 is 0. The van der Waals surface area contributed by atoms with Crippen molar-refractivity contribution in [2.24, 2.45) is 0 Å². The number of likely N-dealkylation sites (N-methyl/N-ethyl adjacent to an activating group) is 1. The van der Waals surface area contributed by atoms with Crippen molar-refractivity contribution in [1.29, 1.82) is 0 Å². The molecule has 1 aromatic heterocycles. The Kier molecular flexibility index (Phi) is 4.76. The highest BCUT2D eigenvalue weighted by Gasteiger charge is 2.16. The van der Waals surface area contributed by atoms with E-state index in [0.717, 1.165) is 49.9 Å². The highest BCUT2D eigenvalue weighted by Crippen LogP contribution is 2.25. The number of hydrogen-bond donors (Lipinski definition) is 1. The van der Waals surface area contributed by atoms with Crippen LogP contribution in [0.15, 0.2) is 30.6 Å². The van der Waals surface area contributed by atoms with Crippen molar-refractivity contribution >= 4 is 17.3 Å². The van der Waals surface area contributed by atoms with Gasteiger partial charge in [0.25, 0.3) is 0 Å². The zero-order valence-corrected chi connectivity index (χ0v) is 14.2. The zero-order valence-electron chi connectivity index (χ0n) is 14.2. The molecule has 5 heteroatoms. The quantitative estimate of drug-likeness (QED) is 0.940. The summed E-state index contributed by atoms with van der Waals surface area (Å²) in [6.45, 7) is 8.48. The van der Waals surface area contributed by atoms with Crippen LogP contribution in [0.4, 0.5) is 17.3 Å². The van der Waals surface area contributed by atoms with Gasteiger partial charge >= 0.3 is 0 Å². The number of hydrogen-bond acceptors (Lipinski definition) is 5. The molecule has 1 aromatic carbocycles. The predicted octanol–water partition coefficient (Wildman–Crippen LogP) is 2.84. The van der Waals surface area contributed by atoms with Crippen molar-refractivity contribution in [3.8, 4) is 0 Å². The molecule has 5 nitrogen and oxygen atoms in total. The van der Waals surface area contributed by atoms with E-state index in [1.807, 2.05) is 0 Å². The number of rotatable bonds is 4. The summed E-state index contributed by atoms with van der Waals surface area (Å²) in [7, 11) is 2.16. The fourth-order valence-electron chi connectivity index (χ4n) is 2.95. The summed E-state index contributed by atoms with van der Waals surface area (Å²) in [5.41, 5.74) is 3.71. The third-order valence-corrected chi connectivity index (χ3v) is 4.47. The number of anilines is 3. The molecule has 0 spiro atoms. The van der Waals surface area contributed by atoms with Gasteiger partial charge in [-0.2, -0.15) is 0 Å². The Balaban J connectivity index is 1.81. The lowest BCUT2D eigenvalue weighted by Crippen LogP contribution is -2.44. The molecule has 0 unspecified atom stereocenters. The highest BCUT2D eigenvalue weighted by molar-refractivity contribution is 5.66. The van der Waals surface area contributed by atoms with Crippen LogP contribution in [0.1, 0.15) is 18.1 Å². The molecule has 2 heterocycles. The Morgan fingerprint density at radius 2 is 1.91 bits per heavy atom. The highest BCUT2D eigenvalue weighted by atomic mass is 15.3. The second kappa shape index (κ2) is 6.96. The lowest BCUT2D eigenvalue weighted by Gasteiger charge is -2.33. The van der Waals surface area contributed by atoms with Crippen LogP contribution in [-0.4, -0.2) is 48.1 Å². The topological polar surface area (TPSA) is 44.3 Å². The molecule has 1 aliphatic heterocycles. The zero-order chi connectivity index (χ0) is 16.2. The van der Waals surface area contributed by atoms with Crippen LogP contribution in [0, 0.1) is 6.92 Å². The van der Waals surface area contributed by atoms with Gasteiger partial charge in [0.15, 0.2) is 0 Å². The first-order valence-electron chi connectivity index (χ1n) is 8.28. The Hall–Kier alpha value is -2.14. The fourth-order valence-corrected chi connectivity index (χ4v) is 2.95. The lowest BCUT2D eigenvalue weighted by atomic mass is 10.1. The SMILES string of the molecule is CCc1cccc(C)c1Nc1cc(N2CCN(C)CC2)ncn1. The average Bonchev–Trinajstić information content (AvgIpc) is 2.57. The molecule has 3 rings (SSSR count). The number of nitrogens with zero attached hydrogens (tertiary/aromatic N) is 4. The van der Waals surface area contributed by atoms with E-state index in [0.29, 0.717) is 0 Å². The molecule has 1 saturated heterocycles. The Morgan fingerprint density at radius 3 is 2.65 bits per heavy atom. The van der Waals surface area contributed by atoms with Crippen LogP contribution >= 0.6 is 0 Å². The van der Waals surface area contributed by atoms with Crippen molar-refractivity contribution in [2.45, 2.75) is 20.3 Å². The van der Waals surface area contributed by atoms with Crippen molar-refractivity contribution in [3.05, 3.63) is 41.7 Å². The molecular formula is C18H25N5. The van der Waals surface area contributed by atoms with Crippen LogP contribution < -0.4 is 10.2 Å². The summed E-state index contributed by atoms with van der Waals surface area (Å²) in [5.74, 6) is 1.86. The molecule has 0 bridgehead atoms. The minimum atomic E-state index is 0.859. The maximum absolute atomic E-state index is 4.45. The molecule has 0 aliphatic carbocycles. The van der Waals surface area contributed by atoms with E-state index >= 15 is 0 Å². The van der Waals surface area contributed by atoms with E-state index in [1.165, 1.54) is 11.1 Å². The number of aryl methyl sites for hydroxylation is 2. The molecule has 0 amide bonds. The predicted molar refractivity (Wildman–Crippen MR) is 95.6 cm³/mol. The molecule has 1 fully saturated rings. The molecule has 2 aromatic rings. The van der Waals surface area contributed by atoms with Crippen molar-refractivity contribution in [3.63, 3.8) is 0 Å². The molecular weight excluding hydrogens is 286 g/mol. The third kappa shape index (κ3) is 3.62. The maximum atomic E-state index is 4.45. The molecule has 1 N–H and O–H groups in total. The van der Waals surface area contributed by atoms with Crippen LogP contribution in [0.5, 0.6) is 0 Å². The number of aromatic nitrogens is 2. The van der Waals surface area contributed by atoms with Gasteiger partial charge in [-0.15, -0.1) is 0 Å². The summed E-state index contributed by atoms with van der Waals surface area (Å²) in [6.07, 6.45) is 2.65. The summed E-state index contributed by atoms with van der Waals surface area (Å²) >= 11 is 0. The number of nitrogens with one attached hydrogen (secondary N) is 1. The van der Waals surface area contributed by atoms with Gasteiger partial charge in [0.1, 0.15) is 18.0 Å². The largest absolute Gasteiger partial charge is 0.354 e. The van der Waals surface area contributed by atoms with E-state index in [9.17, 15) is 0 Å². The van der Waals surface area contributed by atoms with Crippen LogP contribution in [0.25, 0.3) is 0 Å². The second-order valence-corrected chi connectivity index (χ2v) is 6.14. The minimum absolute atomic E-state index is 0.859. The van der Waals surface area contributed by atoms with Crippen LogP contribution in [0.3, 0.4) is 0 Å². The van der Waals surface area contributed by atoms with Gasteiger partial charge < -0.3 is 15.1 Å². The van der Waals surface area contributed by atoms with E-state index in [-0.39, 0.29) is 0 Å². The number of piperazine rings is 1. The molecule has 0 atom stereocenters. The molecule has 1 aliphatic rings.